The molecule has 0 radical (unpaired) electrons. The van der Waals surface area contributed by atoms with Crippen LogP contribution in [0, 0.1) is 8.99 Å². The zero-order valence-corrected chi connectivity index (χ0v) is 14.3. The predicted octanol–water partition coefficient (Wildman–Crippen LogP) is 3.57. The molecule has 0 fully saturated rings. The lowest BCUT2D eigenvalue weighted by molar-refractivity contribution is -0.149. The Kier molecular flexibility index (Phi) is 6.26. The molecule has 0 aliphatic rings. The molecule has 6 heteroatoms. The summed E-state index contributed by atoms with van der Waals surface area (Å²) in [5.74, 6) is -1.20. The minimum atomic E-state index is -0.914. The molecule has 20 heavy (non-hydrogen) atoms. The number of amides is 1. The van der Waals surface area contributed by atoms with Crippen LogP contribution in [-0.2, 0) is 4.79 Å². The Balaban J connectivity index is 2.80. The van der Waals surface area contributed by atoms with Crippen LogP contribution in [0.1, 0.15) is 37.0 Å². The highest BCUT2D eigenvalue weighted by atomic mass is 127. The van der Waals surface area contributed by atoms with E-state index in [1.165, 1.54) is 0 Å². The number of aliphatic carboxylic acids is 1. The number of nitrogens with one attached hydrogen (secondary N) is 1. The summed E-state index contributed by atoms with van der Waals surface area (Å²) < 4.78 is 0.864. The van der Waals surface area contributed by atoms with Gasteiger partial charge in [0, 0.05) is 15.7 Å². The number of carbonyl (C=O) groups excluding carboxylic acids is 1. The first-order chi connectivity index (χ1) is 9.36. The minimum Gasteiger partial charge on any atom is -0.481 e. The summed E-state index contributed by atoms with van der Waals surface area (Å²) in [7, 11) is 0. The smallest absolute Gasteiger partial charge is 0.311 e. The van der Waals surface area contributed by atoms with Gasteiger partial charge < -0.3 is 10.4 Å². The van der Waals surface area contributed by atoms with E-state index in [-0.39, 0.29) is 12.5 Å². The molecule has 0 spiro atoms. The predicted molar refractivity (Wildman–Crippen MR) is 87.2 cm³/mol. The van der Waals surface area contributed by atoms with Crippen LogP contribution in [-0.4, -0.2) is 23.5 Å². The molecule has 0 saturated heterocycles. The molecular formula is C14H17ClINO3. The average molecular weight is 410 g/mol. The van der Waals surface area contributed by atoms with Crippen LogP contribution in [0.3, 0.4) is 0 Å². The van der Waals surface area contributed by atoms with E-state index in [9.17, 15) is 14.7 Å². The summed E-state index contributed by atoms with van der Waals surface area (Å²) in [6.45, 7) is 3.73. The molecule has 0 heterocycles. The summed E-state index contributed by atoms with van der Waals surface area (Å²) in [4.78, 5) is 23.4. The van der Waals surface area contributed by atoms with E-state index in [1.54, 1.807) is 18.2 Å². The fourth-order valence-electron chi connectivity index (χ4n) is 1.87. The first-order valence-electron chi connectivity index (χ1n) is 6.33. The van der Waals surface area contributed by atoms with Crippen LogP contribution in [0.4, 0.5) is 0 Å². The quantitative estimate of drug-likeness (QED) is 0.706. The van der Waals surface area contributed by atoms with Gasteiger partial charge in [0.25, 0.3) is 5.91 Å². The van der Waals surface area contributed by atoms with Gasteiger partial charge in [-0.05, 0) is 53.6 Å². The molecule has 2 N–H and O–H groups in total. The van der Waals surface area contributed by atoms with Gasteiger partial charge in [0.15, 0.2) is 0 Å². The van der Waals surface area contributed by atoms with Crippen molar-refractivity contribution in [3.63, 3.8) is 0 Å². The van der Waals surface area contributed by atoms with E-state index in [1.807, 2.05) is 13.8 Å². The Labute approximate surface area is 137 Å². The molecule has 0 saturated carbocycles. The van der Waals surface area contributed by atoms with Gasteiger partial charge in [-0.15, -0.1) is 0 Å². The first-order valence-corrected chi connectivity index (χ1v) is 7.78. The largest absolute Gasteiger partial charge is 0.481 e. The van der Waals surface area contributed by atoms with Crippen molar-refractivity contribution in [1.29, 1.82) is 0 Å². The normalized spacial score (nSPS) is 11.2. The number of hydrogen-bond donors (Lipinski definition) is 2. The molecule has 0 atom stereocenters. The van der Waals surface area contributed by atoms with Crippen LogP contribution >= 0.6 is 34.2 Å². The third-order valence-corrected chi connectivity index (χ3v) is 5.15. The molecule has 1 rings (SSSR count). The van der Waals surface area contributed by atoms with E-state index >= 15 is 0 Å². The number of carbonyl (C=O) groups is 2. The number of carboxylic acid groups (broad SMARTS) is 1. The Morgan fingerprint density at radius 3 is 2.40 bits per heavy atom. The van der Waals surface area contributed by atoms with Crippen molar-refractivity contribution in [3.8, 4) is 0 Å². The Hall–Kier alpha value is -0.820. The van der Waals surface area contributed by atoms with Crippen molar-refractivity contribution in [2.75, 3.05) is 6.54 Å². The van der Waals surface area contributed by atoms with Crippen molar-refractivity contribution in [3.05, 3.63) is 32.4 Å². The third-order valence-electron chi connectivity index (χ3n) is 3.58. The molecule has 1 aromatic carbocycles. The SMILES string of the molecule is CCC(CC)(CNC(=O)c1ccc(I)c(Cl)c1)C(=O)O. The Morgan fingerprint density at radius 2 is 1.95 bits per heavy atom. The van der Waals surface area contributed by atoms with E-state index < -0.39 is 11.4 Å². The molecule has 0 aliphatic carbocycles. The van der Waals surface area contributed by atoms with Gasteiger partial charge in [-0.25, -0.2) is 0 Å². The average Bonchev–Trinajstić information content (AvgIpc) is 2.43. The Morgan fingerprint density at radius 1 is 1.35 bits per heavy atom. The molecule has 0 aliphatic heterocycles. The van der Waals surface area contributed by atoms with Crippen LogP contribution in [0.2, 0.25) is 5.02 Å². The first kappa shape index (κ1) is 17.2. The summed E-state index contributed by atoms with van der Waals surface area (Å²) in [5.41, 5.74) is -0.482. The monoisotopic (exact) mass is 409 g/mol. The summed E-state index contributed by atoms with van der Waals surface area (Å²) >= 11 is 8.05. The topological polar surface area (TPSA) is 66.4 Å². The van der Waals surface area contributed by atoms with Crippen molar-refractivity contribution >= 4 is 46.1 Å². The number of benzene rings is 1. The maximum atomic E-state index is 12.0. The van der Waals surface area contributed by atoms with Gasteiger partial charge in [-0.2, -0.15) is 0 Å². The summed E-state index contributed by atoms with van der Waals surface area (Å²) in [5, 5.41) is 12.5. The zero-order chi connectivity index (χ0) is 15.3. The van der Waals surface area contributed by atoms with Gasteiger partial charge in [0.2, 0.25) is 0 Å². The van der Waals surface area contributed by atoms with Gasteiger partial charge in [0.1, 0.15) is 0 Å². The second-order valence-corrected chi connectivity index (χ2v) is 6.17. The van der Waals surface area contributed by atoms with Crippen molar-refractivity contribution < 1.29 is 14.7 Å². The highest BCUT2D eigenvalue weighted by molar-refractivity contribution is 14.1. The van der Waals surface area contributed by atoms with Crippen molar-refractivity contribution in [2.45, 2.75) is 26.7 Å². The molecule has 0 unspecified atom stereocenters. The molecule has 1 aromatic rings. The zero-order valence-electron chi connectivity index (χ0n) is 11.4. The van der Waals surface area contributed by atoms with Gasteiger partial charge >= 0.3 is 5.97 Å². The second-order valence-electron chi connectivity index (χ2n) is 4.60. The lowest BCUT2D eigenvalue weighted by atomic mass is 9.82. The molecule has 110 valence electrons. The van der Waals surface area contributed by atoms with E-state index in [4.69, 9.17) is 11.6 Å². The number of hydrogen-bond acceptors (Lipinski definition) is 2. The third kappa shape index (κ3) is 3.85. The lowest BCUT2D eigenvalue weighted by Gasteiger charge is -2.26. The minimum absolute atomic E-state index is 0.109. The van der Waals surface area contributed by atoms with Crippen LogP contribution < -0.4 is 5.32 Å². The molecule has 0 bridgehead atoms. The van der Waals surface area contributed by atoms with Gasteiger partial charge in [-0.1, -0.05) is 25.4 Å². The van der Waals surface area contributed by atoms with Crippen LogP contribution in [0.25, 0.3) is 0 Å². The molecule has 0 aromatic heterocycles. The van der Waals surface area contributed by atoms with E-state index in [2.05, 4.69) is 27.9 Å². The van der Waals surface area contributed by atoms with E-state index in [0.29, 0.717) is 23.4 Å². The maximum absolute atomic E-state index is 12.0. The molecule has 4 nitrogen and oxygen atoms in total. The lowest BCUT2D eigenvalue weighted by Crippen LogP contribution is -2.42. The highest BCUT2D eigenvalue weighted by Gasteiger charge is 2.35. The van der Waals surface area contributed by atoms with Crippen molar-refractivity contribution in [2.24, 2.45) is 5.41 Å². The fourth-order valence-corrected chi connectivity index (χ4v) is 2.38. The van der Waals surface area contributed by atoms with Crippen molar-refractivity contribution in [1.82, 2.24) is 5.32 Å². The maximum Gasteiger partial charge on any atom is 0.311 e. The number of halogens is 2. The second kappa shape index (κ2) is 7.26. The highest BCUT2D eigenvalue weighted by Crippen LogP contribution is 2.26. The molecular weight excluding hydrogens is 393 g/mol. The standard InChI is InChI=1S/C14H17ClINO3/c1-3-14(4-2,13(19)20)8-17-12(18)9-5-6-11(16)10(15)7-9/h5-7H,3-4,8H2,1-2H3,(H,17,18)(H,19,20). The fraction of sp³-hybridized carbons (Fsp3) is 0.429. The van der Waals surface area contributed by atoms with Gasteiger partial charge in [-0.3, -0.25) is 9.59 Å². The molecule has 1 amide bonds. The number of rotatable bonds is 6. The van der Waals surface area contributed by atoms with Crippen LogP contribution in [0.5, 0.6) is 0 Å². The summed E-state index contributed by atoms with van der Waals surface area (Å²) in [6.07, 6.45) is 0.930. The Bertz CT molecular complexity index is 515. The number of carboxylic acids is 1. The van der Waals surface area contributed by atoms with Crippen LogP contribution in [0.15, 0.2) is 18.2 Å². The summed E-state index contributed by atoms with van der Waals surface area (Å²) in [6, 6.07) is 5.00. The van der Waals surface area contributed by atoms with E-state index in [0.717, 1.165) is 3.57 Å². The van der Waals surface area contributed by atoms with Gasteiger partial charge in [0.05, 0.1) is 10.4 Å².